The summed E-state index contributed by atoms with van der Waals surface area (Å²) >= 11 is 18.6. The zero-order valence-electron chi connectivity index (χ0n) is 13.2. The van der Waals surface area contributed by atoms with Crippen LogP contribution in [-0.4, -0.2) is 0 Å². The number of halogens is 3. The molecule has 0 aliphatic carbocycles. The summed E-state index contributed by atoms with van der Waals surface area (Å²) in [5.74, 6) is 0.619. The van der Waals surface area contributed by atoms with Gasteiger partial charge >= 0.3 is 0 Å². The highest BCUT2D eigenvalue weighted by atomic mass is 35.5. The molecule has 0 aromatic heterocycles. The Morgan fingerprint density at radius 3 is 1.96 bits per heavy atom. The molecule has 0 aliphatic rings. The number of hydrogen-bond donors (Lipinski definition) is 0. The van der Waals surface area contributed by atoms with Gasteiger partial charge < -0.3 is 4.74 Å². The van der Waals surface area contributed by atoms with Gasteiger partial charge in [0.05, 0.1) is 16.1 Å². The summed E-state index contributed by atoms with van der Waals surface area (Å²) < 4.78 is 5.91. The van der Waals surface area contributed by atoms with E-state index in [1.807, 2.05) is 51.1 Å². The zero-order valence-corrected chi connectivity index (χ0v) is 15.5. The number of para-hydroxylation sites is 1. The van der Waals surface area contributed by atoms with Gasteiger partial charge in [0.1, 0.15) is 27.9 Å². The highest BCUT2D eigenvalue weighted by molar-refractivity contribution is 6.46. The van der Waals surface area contributed by atoms with Gasteiger partial charge in [-0.3, -0.25) is 0 Å². The van der Waals surface area contributed by atoms with Crippen LogP contribution in [-0.2, 0) is 5.41 Å². The molecular weight excluding hydrogens is 367 g/mol. The topological polar surface area (TPSA) is 56.8 Å². The number of benzene rings is 2. The standard InChI is InChI=1S/C18H13Cl3N2O/c1-18(2,3)12-6-4-5-7-13(12)24-17-15(20)11(9-23)10(8-22)14(19)16(17)21/h4-7H,1-3H3. The molecule has 0 unspecified atom stereocenters. The molecule has 0 radical (unpaired) electrons. The van der Waals surface area contributed by atoms with Crippen LogP contribution in [0, 0.1) is 22.7 Å². The third kappa shape index (κ3) is 3.30. The number of rotatable bonds is 2. The van der Waals surface area contributed by atoms with E-state index in [4.69, 9.17) is 44.8 Å². The first-order valence-electron chi connectivity index (χ1n) is 7.00. The minimum absolute atomic E-state index is 0.000860. The van der Waals surface area contributed by atoms with Crippen LogP contribution in [0.1, 0.15) is 37.5 Å². The third-order valence-corrected chi connectivity index (χ3v) is 4.61. The molecule has 0 N–H and O–H groups in total. The quantitative estimate of drug-likeness (QED) is 0.561. The van der Waals surface area contributed by atoms with Crippen LogP contribution < -0.4 is 4.74 Å². The molecule has 0 aliphatic heterocycles. The van der Waals surface area contributed by atoms with Crippen molar-refractivity contribution in [2.45, 2.75) is 26.2 Å². The molecule has 122 valence electrons. The second kappa shape index (κ2) is 6.91. The fourth-order valence-electron chi connectivity index (χ4n) is 2.22. The first-order chi connectivity index (χ1) is 11.2. The average molecular weight is 380 g/mol. The van der Waals surface area contributed by atoms with E-state index in [9.17, 15) is 5.26 Å². The average Bonchev–Trinajstić information content (AvgIpc) is 2.54. The van der Waals surface area contributed by atoms with Gasteiger partial charge in [0, 0.05) is 5.56 Å². The summed E-state index contributed by atoms with van der Waals surface area (Å²) in [5, 5.41) is 18.4. The summed E-state index contributed by atoms with van der Waals surface area (Å²) in [7, 11) is 0. The largest absolute Gasteiger partial charge is 0.454 e. The van der Waals surface area contributed by atoms with Crippen molar-refractivity contribution < 1.29 is 4.74 Å². The smallest absolute Gasteiger partial charge is 0.167 e. The van der Waals surface area contributed by atoms with E-state index in [0.717, 1.165) is 5.56 Å². The Balaban J connectivity index is 2.68. The SMILES string of the molecule is CC(C)(C)c1ccccc1Oc1c(Cl)c(Cl)c(C#N)c(C#N)c1Cl. The first kappa shape index (κ1) is 18.4. The number of nitriles is 2. The molecule has 3 nitrogen and oxygen atoms in total. The molecule has 0 fully saturated rings. The number of nitrogens with zero attached hydrogens (tertiary/aromatic N) is 2. The third-order valence-electron chi connectivity index (χ3n) is 3.41. The van der Waals surface area contributed by atoms with Gasteiger partial charge in [0.2, 0.25) is 0 Å². The molecule has 2 aromatic carbocycles. The lowest BCUT2D eigenvalue weighted by Crippen LogP contribution is -2.12. The summed E-state index contributed by atoms with van der Waals surface area (Å²) in [4.78, 5) is 0. The molecule has 0 bridgehead atoms. The summed E-state index contributed by atoms with van der Waals surface area (Å²) in [5.41, 5.74) is 0.642. The van der Waals surface area contributed by atoms with Crippen molar-refractivity contribution in [3.8, 4) is 23.6 Å². The summed E-state index contributed by atoms with van der Waals surface area (Å²) in [6.45, 7) is 6.14. The van der Waals surface area contributed by atoms with Crippen LogP contribution in [0.3, 0.4) is 0 Å². The van der Waals surface area contributed by atoms with Gasteiger partial charge in [-0.15, -0.1) is 0 Å². The Labute approximate surface area is 155 Å². The molecule has 0 atom stereocenters. The maximum absolute atomic E-state index is 9.28. The highest BCUT2D eigenvalue weighted by Gasteiger charge is 2.25. The Morgan fingerprint density at radius 1 is 0.875 bits per heavy atom. The van der Waals surface area contributed by atoms with Gasteiger partial charge in [-0.2, -0.15) is 10.5 Å². The maximum atomic E-state index is 9.28. The fraction of sp³-hybridized carbons (Fsp3) is 0.222. The van der Waals surface area contributed by atoms with E-state index in [0.29, 0.717) is 5.75 Å². The fourth-order valence-corrected chi connectivity index (χ4v) is 2.99. The van der Waals surface area contributed by atoms with Crippen LogP contribution in [0.4, 0.5) is 0 Å². The van der Waals surface area contributed by atoms with E-state index < -0.39 is 0 Å². The second-order valence-electron chi connectivity index (χ2n) is 6.09. The van der Waals surface area contributed by atoms with Gasteiger partial charge in [-0.1, -0.05) is 73.8 Å². The zero-order chi connectivity index (χ0) is 18.1. The van der Waals surface area contributed by atoms with E-state index in [1.54, 1.807) is 6.07 Å². The molecule has 2 rings (SSSR count). The van der Waals surface area contributed by atoms with Crippen molar-refractivity contribution in [1.29, 1.82) is 10.5 Å². The Hall–Kier alpha value is -1.91. The summed E-state index contributed by atoms with van der Waals surface area (Å²) in [6.07, 6.45) is 0. The van der Waals surface area contributed by atoms with Crippen LogP contribution in [0.5, 0.6) is 11.5 Å². The van der Waals surface area contributed by atoms with Crippen molar-refractivity contribution in [2.24, 2.45) is 0 Å². The van der Waals surface area contributed by atoms with Crippen LogP contribution in [0.15, 0.2) is 24.3 Å². The molecule has 0 heterocycles. The normalized spacial score (nSPS) is 10.8. The molecular formula is C18H13Cl3N2O. The van der Waals surface area contributed by atoms with E-state index in [1.165, 1.54) is 0 Å². The van der Waals surface area contributed by atoms with Crippen LogP contribution in [0.2, 0.25) is 15.1 Å². The van der Waals surface area contributed by atoms with Crippen molar-refractivity contribution in [3.05, 3.63) is 56.0 Å². The molecule has 2 aromatic rings. The van der Waals surface area contributed by atoms with E-state index in [2.05, 4.69) is 0 Å². The predicted octanol–water partition coefficient (Wildman–Crippen LogP) is 6.48. The van der Waals surface area contributed by atoms with Gasteiger partial charge in [-0.25, -0.2) is 0 Å². The first-order valence-corrected chi connectivity index (χ1v) is 8.13. The van der Waals surface area contributed by atoms with E-state index in [-0.39, 0.29) is 37.4 Å². The lowest BCUT2D eigenvalue weighted by molar-refractivity contribution is 0.455. The Bertz CT molecular complexity index is 887. The molecule has 0 saturated heterocycles. The van der Waals surface area contributed by atoms with Crippen molar-refractivity contribution in [1.82, 2.24) is 0 Å². The molecule has 24 heavy (non-hydrogen) atoms. The van der Waals surface area contributed by atoms with Crippen molar-refractivity contribution >= 4 is 34.8 Å². The van der Waals surface area contributed by atoms with Gasteiger partial charge in [0.25, 0.3) is 0 Å². The van der Waals surface area contributed by atoms with Gasteiger partial charge in [-0.05, 0) is 11.5 Å². The lowest BCUT2D eigenvalue weighted by Gasteiger charge is -2.23. The highest BCUT2D eigenvalue weighted by Crippen LogP contribution is 2.46. The second-order valence-corrected chi connectivity index (χ2v) is 7.23. The minimum atomic E-state index is -0.177. The molecule has 0 spiro atoms. The summed E-state index contributed by atoms with van der Waals surface area (Å²) in [6, 6.07) is 11.2. The molecule has 6 heteroatoms. The van der Waals surface area contributed by atoms with E-state index >= 15 is 0 Å². The van der Waals surface area contributed by atoms with Crippen LogP contribution >= 0.6 is 34.8 Å². The predicted molar refractivity (Wildman–Crippen MR) is 96.1 cm³/mol. The number of hydrogen-bond acceptors (Lipinski definition) is 3. The van der Waals surface area contributed by atoms with Crippen molar-refractivity contribution in [3.63, 3.8) is 0 Å². The van der Waals surface area contributed by atoms with Crippen LogP contribution in [0.25, 0.3) is 0 Å². The molecule has 0 saturated carbocycles. The Morgan fingerprint density at radius 2 is 1.42 bits per heavy atom. The maximum Gasteiger partial charge on any atom is 0.167 e. The number of ether oxygens (including phenoxy) is 1. The Kier molecular flexibility index (Phi) is 5.31. The van der Waals surface area contributed by atoms with Crippen molar-refractivity contribution in [2.75, 3.05) is 0 Å². The lowest BCUT2D eigenvalue weighted by atomic mass is 9.86. The monoisotopic (exact) mass is 378 g/mol. The van der Waals surface area contributed by atoms with Gasteiger partial charge in [0.15, 0.2) is 5.75 Å². The molecule has 0 amide bonds. The minimum Gasteiger partial charge on any atom is -0.454 e.